The van der Waals surface area contributed by atoms with Crippen LogP contribution in [0.15, 0.2) is 12.1 Å². The molecule has 138 valence electrons. The molecule has 1 amide bonds. The van der Waals surface area contributed by atoms with E-state index in [0.717, 1.165) is 39.3 Å². The van der Waals surface area contributed by atoms with E-state index < -0.39 is 0 Å². The zero-order valence-corrected chi connectivity index (χ0v) is 16.3. The summed E-state index contributed by atoms with van der Waals surface area (Å²) in [5.41, 5.74) is 0.621. The summed E-state index contributed by atoms with van der Waals surface area (Å²) >= 11 is 18.1. The molecule has 1 atom stereocenters. The Morgan fingerprint density at radius 1 is 1.12 bits per heavy atom. The fourth-order valence-electron chi connectivity index (χ4n) is 3.45. The van der Waals surface area contributed by atoms with Gasteiger partial charge in [0.05, 0.1) is 33.3 Å². The van der Waals surface area contributed by atoms with Crippen molar-refractivity contribution in [2.24, 2.45) is 0 Å². The SMILES string of the molecule is O=C(CNc1cc(Cl)c(Cl)cc1Cl)N1CCNC[C@@H]1CN1CCCC1. The summed E-state index contributed by atoms with van der Waals surface area (Å²) in [6.45, 7) is 5.80. The lowest BCUT2D eigenvalue weighted by molar-refractivity contribution is -0.132. The molecule has 1 aromatic rings. The number of nitrogens with zero attached hydrogens (tertiary/aromatic N) is 2. The molecule has 2 N–H and O–H groups in total. The molecule has 0 unspecified atom stereocenters. The Bertz CT molecular complexity index is 622. The summed E-state index contributed by atoms with van der Waals surface area (Å²) in [4.78, 5) is 17.2. The van der Waals surface area contributed by atoms with Crippen molar-refractivity contribution < 1.29 is 4.79 Å². The van der Waals surface area contributed by atoms with Gasteiger partial charge in [0.2, 0.25) is 5.91 Å². The van der Waals surface area contributed by atoms with Crippen LogP contribution in [-0.2, 0) is 4.79 Å². The third kappa shape index (κ3) is 4.92. The first-order valence-corrected chi connectivity index (χ1v) is 9.79. The van der Waals surface area contributed by atoms with Crippen LogP contribution < -0.4 is 10.6 Å². The maximum atomic E-state index is 12.7. The number of hydrogen-bond acceptors (Lipinski definition) is 4. The summed E-state index contributed by atoms with van der Waals surface area (Å²) in [6, 6.07) is 3.45. The van der Waals surface area contributed by atoms with Crippen LogP contribution in [-0.4, -0.2) is 67.6 Å². The van der Waals surface area contributed by atoms with Gasteiger partial charge in [-0.15, -0.1) is 0 Å². The zero-order valence-electron chi connectivity index (χ0n) is 14.0. The van der Waals surface area contributed by atoms with Gasteiger partial charge in [0.1, 0.15) is 0 Å². The van der Waals surface area contributed by atoms with Gasteiger partial charge >= 0.3 is 0 Å². The smallest absolute Gasteiger partial charge is 0.242 e. The lowest BCUT2D eigenvalue weighted by Gasteiger charge is -2.38. The third-order valence-electron chi connectivity index (χ3n) is 4.78. The Kier molecular flexibility index (Phi) is 6.69. The van der Waals surface area contributed by atoms with Crippen molar-refractivity contribution >= 4 is 46.4 Å². The van der Waals surface area contributed by atoms with E-state index in [9.17, 15) is 4.79 Å². The number of anilines is 1. The van der Waals surface area contributed by atoms with Gasteiger partial charge in [0.25, 0.3) is 0 Å². The number of rotatable bonds is 5. The van der Waals surface area contributed by atoms with E-state index in [2.05, 4.69) is 15.5 Å². The van der Waals surface area contributed by atoms with Gasteiger partial charge in [-0.3, -0.25) is 4.79 Å². The first-order chi connectivity index (χ1) is 12.0. The first kappa shape index (κ1) is 19.1. The van der Waals surface area contributed by atoms with E-state index in [4.69, 9.17) is 34.8 Å². The first-order valence-electron chi connectivity index (χ1n) is 8.65. The number of hydrogen-bond donors (Lipinski definition) is 2. The molecule has 0 saturated carbocycles. The van der Waals surface area contributed by atoms with E-state index in [1.807, 2.05) is 4.90 Å². The van der Waals surface area contributed by atoms with Crippen LogP contribution in [0.4, 0.5) is 5.69 Å². The summed E-state index contributed by atoms with van der Waals surface area (Å²) < 4.78 is 0. The van der Waals surface area contributed by atoms with Crippen molar-refractivity contribution in [1.82, 2.24) is 15.1 Å². The lowest BCUT2D eigenvalue weighted by atomic mass is 10.1. The summed E-state index contributed by atoms with van der Waals surface area (Å²) in [6.07, 6.45) is 2.51. The van der Waals surface area contributed by atoms with Crippen LogP contribution in [0.2, 0.25) is 15.1 Å². The molecule has 0 spiro atoms. The molecular formula is C17H23Cl3N4O. The van der Waals surface area contributed by atoms with Crippen molar-refractivity contribution in [2.75, 3.05) is 51.1 Å². The van der Waals surface area contributed by atoms with Crippen molar-refractivity contribution in [3.8, 4) is 0 Å². The minimum Gasteiger partial charge on any atom is -0.375 e. The Balaban J connectivity index is 1.59. The van der Waals surface area contributed by atoms with Crippen LogP contribution in [0.5, 0.6) is 0 Å². The predicted molar refractivity (Wildman–Crippen MR) is 104 cm³/mol. The topological polar surface area (TPSA) is 47.6 Å². The van der Waals surface area contributed by atoms with Crippen LogP contribution >= 0.6 is 34.8 Å². The highest BCUT2D eigenvalue weighted by Crippen LogP contribution is 2.32. The predicted octanol–water partition coefficient (Wildman–Crippen LogP) is 2.95. The molecule has 8 heteroatoms. The normalized spacial score (nSPS) is 21.6. The number of carbonyl (C=O) groups excluding carboxylic acids is 1. The summed E-state index contributed by atoms with van der Waals surface area (Å²) in [7, 11) is 0. The monoisotopic (exact) mass is 404 g/mol. The van der Waals surface area contributed by atoms with E-state index in [0.29, 0.717) is 20.8 Å². The van der Waals surface area contributed by atoms with Crippen molar-refractivity contribution in [3.05, 3.63) is 27.2 Å². The van der Waals surface area contributed by atoms with Crippen molar-refractivity contribution in [2.45, 2.75) is 18.9 Å². The Morgan fingerprint density at radius 2 is 1.84 bits per heavy atom. The lowest BCUT2D eigenvalue weighted by Crippen LogP contribution is -2.58. The van der Waals surface area contributed by atoms with Gasteiger partial charge in [0.15, 0.2) is 0 Å². The van der Waals surface area contributed by atoms with Crippen LogP contribution in [0.25, 0.3) is 0 Å². The highest BCUT2D eigenvalue weighted by Gasteiger charge is 2.28. The number of halogens is 3. The molecule has 0 radical (unpaired) electrons. The number of carbonyl (C=O) groups is 1. The quantitative estimate of drug-likeness (QED) is 0.740. The van der Waals surface area contributed by atoms with E-state index >= 15 is 0 Å². The van der Waals surface area contributed by atoms with Gasteiger partial charge in [-0.25, -0.2) is 0 Å². The van der Waals surface area contributed by atoms with E-state index in [-0.39, 0.29) is 18.5 Å². The second kappa shape index (κ2) is 8.78. The second-order valence-electron chi connectivity index (χ2n) is 6.55. The van der Waals surface area contributed by atoms with Crippen LogP contribution in [0.3, 0.4) is 0 Å². The molecule has 2 aliphatic rings. The summed E-state index contributed by atoms with van der Waals surface area (Å²) in [5.74, 6) is 0.0767. The molecule has 0 aliphatic carbocycles. The molecule has 25 heavy (non-hydrogen) atoms. The van der Waals surface area contributed by atoms with Crippen molar-refractivity contribution in [1.29, 1.82) is 0 Å². The standard InChI is InChI=1S/C17H23Cl3N4O/c18-13-7-15(20)16(8-14(13)19)22-10-17(25)24-6-3-21-9-12(24)11-23-4-1-2-5-23/h7-8,12,21-22H,1-6,9-11H2/t12-/m1/s1. The average Bonchev–Trinajstić information content (AvgIpc) is 3.10. The van der Waals surface area contributed by atoms with Gasteiger partial charge in [0, 0.05) is 26.2 Å². The maximum absolute atomic E-state index is 12.7. The number of likely N-dealkylation sites (tertiary alicyclic amines) is 1. The van der Waals surface area contributed by atoms with E-state index in [1.54, 1.807) is 12.1 Å². The van der Waals surface area contributed by atoms with Gasteiger partial charge in [-0.1, -0.05) is 34.8 Å². The Morgan fingerprint density at radius 3 is 2.60 bits per heavy atom. The van der Waals surface area contributed by atoms with Gasteiger partial charge < -0.3 is 20.4 Å². The summed E-state index contributed by atoms with van der Waals surface area (Å²) in [5, 5.41) is 7.75. The highest BCUT2D eigenvalue weighted by atomic mass is 35.5. The maximum Gasteiger partial charge on any atom is 0.242 e. The minimum atomic E-state index is 0.0767. The average molecular weight is 406 g/mol. The minimum absolute atomic E-state index is 0.0767. The number of piperazine rings is 1. The number of benzene rings is 1. The molecule has 2 fully saturated rings. The van der Waals surface area contributed by atoms with Gasteiger partial charge in [-0.2, -0.15) is 0 Å². The largest absolute Gasteiger partial charge is 0.375 e. The fourth-order valence-corrected chi connectivity index (χ4v) is 4.06. The zero-order chi connectivity index (χ0) is 17.8. The van der Waals surface area contributed by atoms with Crippen LogP contribution in [0.1, 0.15) is 12.8 Å². The van der Waals surface area contributed by atoms with E-state index in [1.165, 1.54) is 12.8 Å². The molecular weight excluding hydrogens is 383 g/mol. The Hall–Kier alpha value is -0.720. The molecule has 2 aliphatic heterocycles. The number of amides is 1. The molecule has 5 nitrogen and oxygen atoms in total. The Labute approximate surface area is 163 Å². The van der Waals surface area contributed by atoms with Crippen molar-refractivity contribution in [3.63, 3.8) is 0 Å². The molecule has 0 bridgehead atoms. The highest BCUT2D eigenvalue weighted by molar-refractivity contribution is 6.44. The molecule has 1 aromatic carbocycles. The van der Waals surface area contributed by atoms with Gasteiger partial charge in [-0.05, 0) is 38.1 Å². The molecule has 2 heterocycles. The van der Waals surface area contributed by atoms with Crippen LogP contribution in [0, 0.1) is 0 Å². The number of nitrogens with one attached hydrogen (secondary N) is 2. The second-order valence-corrected chi connectivity index (χ2v) is 7.77. The molecule has 2 saturated heterocycles. The third-order valence-corrected chi connectivity index (χ3v) is 5.81. The molecule has 3 rings (SSSR count). The fraction of sp³-hybridized carbons (Fsp3) is 0.588. The molecule has 0 aromatic heterocycles.